The minimum absolute atomic E-state index is 0.249. The Balaban J connectivity index is 2.55. The third kappa shape index (κ3) is 2.26. The minimum atomic E-state index is -1.00. The number of nitrogens with zero attached hydrogens (tertiary/aromatic N) is 3. The van der Waals surface area contributed by atoms with E-state index < -0.39 is 5.54 Å². The maximum atomic E-state index is 8.96. The highest BCUT2D eigenvalue weighted by molar-refractivity contribution is 6.31. The third-order valence-electron chi connectivity index (χ3n) is 2.58. The number of nitrogens with two attached hydrogens (primary N) is 1. The Morgan fingerprint density at radius 2 is 2.33 bits per heavy atom. The van der Waals surface area contributed by atoms with Gasteiger partial charge in [0.05, 0.1) is 30.6 Å². The molecule has 1 aromatic heterocycles. The van der Waals surface area contributed by atoms with Crippen molar-refractivity contribution in [3.8, 4) is 11.9 Å². The lowest BCUT2D eigenvalue weighted by Gasteiger charge is -2.16. The van der Waals surface area contributed by atoms with E-state index in [9.17, 15) is 0 Å². The molecule has 0 fully saturated rings. The van der Waals surface area contributed by atoms with Gasteiger partial charge in [-0.05, 0) is 25.1 Å². The van der Waals surface area contributed by atoms with Crippen molar-refractivity contribution in [2.24, 2.45) is 5.73 Å². The van der Waals surface area contributed by atoms with Gasteiger partial charge in [-0.3, -0.25) is 0 Å². The van der Waals surface area contributed by atoms with Crippen LogP contribution in [0.2, 0.25) is 5.02 Å². The van der Waals surface area contributed by atoms with Crippen molar-refractivity contribution in [2.45, 2.75) is 19.0 Å². The van der Waals surface area contributed by atoms with Crippen molar-refractivity contribution >= 4 is 22.5 Å². The van der Waals surface area contributed by atoms with Crippen molar-refractivity contribution < 1.29 is 4.74 Å². The van der Waals surface area contributed by atoms with Crippen LogP contribution in [0.3, 0.4) is 0 Å². The summed E-state index contributed by atoms with van der Waals surface area (Å²) < 4.78 is 6.91. The van der Waals surface area contributed by atoms with Gasteiger partial charge in [0.25, 0.3) is 0 Å². The van der Waals surface area contributed by atoms with E-state index in [1.54, 1.807) is 36.9 Å². The number of hydrogen-bond acceptors (Lipinski definition) is 4. The normalized spacial score (nSPS) is 14.2. The molecule has 2 rings (SSSR count). The second-order valence-corrected chi connectivity index (χ2v) is 4.79. The first-order valence-corrected chi connectivity index (χ1v) is 5.75. The van der Waals surface area contributed by atoms with Crippen LogP contribution in [-0.4, -0.2) is 22.4 Å². The number of nitriles is 1. The van der Waals surface area contributed by atoms with E-state index in [2.05, 4.69) is 5.10 Å². The smallest absolute Gasteiger partial charge is 0.219 e. The van der Waals surface area contributed by atoms with Gasteiger partial charge in [0.15, 0.2) is 0 Å². The van der Waals surface area contributed by atoms with Crippen LogP contribution >= 0.6 is 11.6 Å². The second kappa shape index (κ2) is 4.48. The molecule has 1 atom stereocenters. The number of aromatic nitrogens is 2. The standard InChI is InChI=1S/C12H13ClN4O/c1-12(15,6-14)7-17-11(18-2)9-5-8(13)3-4-10(9)16-17/h3-5H,7,15H2,1-2H3. The molecular weight excluding hydrogens is 252 g/mol. The number of ether oxygens (including phenoxy) is 1. The van der Waals surface area contributed by atoms with Crippen LogP contribution in [0.4, 0.5) is 0 Å². The monoisotopic (exact) mass is 264 g/mol. The van der Waals surface area contributed by atoms with Crippen LogP contribution in [0.25, 0.3) is 10.9 Å². The number of rotatable bonds is 3. The number of fused-ring (bicyclic) bond motifs is 1. The van der Waals surface area contributed by atoms with E-state index in [4.69, 9.17) is 27.3 Å². The molecule has 0 aliphatic heterocycles. The maximum absolute atomic E-state index is 8.96. The predicted molar refractivity (Wildman–Crippen MR) is 69.5 cm³/mol. The maximum Gasteiger partial charge on any atom is 0.219 e. The molecule has 0 spiro atoms. The topological polar surface area (TPSA) is 76.9 Å². The molecule has 2 N–H and O–H groups in total. The van der Waals surface area contributed by atoms with Gasteiger partial charge in [-0.1, -0.05) is 11.6 Å². The quantitative estimate of drug-likeness (QED) is 0.919. The van der Waals surface area contributed by atoms with E-state index in [1.807, 2.05) is 6.07 Å². The molecule has 1 heterocycles. The molecule has 0 aliphatic carbocycles. The summed E-state index contributed by atoms with van der Waals surface area (Å²) in [6.45, 7) is 1.89. The van der Waals surface area contributed by atoms with Crippen molar-refractivity contribution in [2.75, 3.05) is 7.11 Å². The van der Waals surface area contributed by atoms with Crippen LogP contribution in [-0.2, 0) is 6.54 Å². The summed E-state index contributed by atoms with van der Waals surface area (Å²) in [4.78, 5) is 0. The molecule has 1 unspecified atom stereocenters. The number of methoxy groups -OCH3 is 1. The van der Waals surface area contributed by atoms with Gasteiger partial charge >= 0.3 is 0 Å². The molecule has 0 amide bonds. The van der Waals surface area contributed by atoms with Gasteiger partial charge in [0.2, 0.25) is 5.88 Å². The number of halogens is 1. The van der Waals surface area contributed by atoms with E-state index in [0.717, 1.165) is 10.9 Å². The van der Waals surface area contributed by atoms with Gasteiger partial charge in [0, 0.05) is 5.02 Å². The highest BCUT2D eigenvalue weighted by Gasteiger charge is 2.22. The zero-order valence-corrected chi connectivity index (χ0v) is 10.9. The molecule has 2 aromatic rings. The Kier molecular flexibility index (Phi) is 3.16. The molecule has 0 saturated heterocycles. The minimum Gasteiger partial charge on any atom is -0.481 e. The fraction of sp³-hybridized carbons (Fsp3) is 0.333. The van der Waals surface area contributed by atoms with Crippen LogP contribution in [0.15, 0.2) is 18.2 Å². The Hall–Kier alpha value is -1.77. The summed E-state index contributed by atoms with van der Waals surface area (Å²) in [6.07, 6.45) is 0. The van der Waals surface area contributed by atoms with Gasteiger partial charge in [-0.25, -0.2) is 4.68 Å². The van der Waals surface area contributed by atoms with Gasteiger partial charge in [-0.15, -0.1) is 0 Å². The molecule has 6 heteroatoms. The summed E-state index contributed by atoms with van der Waals surface area (Å²) in [5.41, 5.74) is 5.57. The molecule has 94 valence electrons. The Labute approximate surface area is 110 Å². The highest BCUT2D eigenvalue weighted by atomic mass is 35.5. The zero-order valence-electron chi connectivity index (χ0n) is 10.1. The fourth-order valence-corrected chi connectivity index (χ4v) is 1.92. The molecule has 0 bridgehead atoms. The predicted octanol–water partition coefficient (Wildman–Crippen LogP) is 1.94. The molecule has 1 aromatic carbocycles. The van der Waals surface area contributed by atoms with E-state index in [1.165, 1.54) is 0 Å². The highest BCUT2D eigenvalue weighted by Crippen LogP contribution is 2.28. The van der Waals surface area contributed by atoms with E-state index >= 15 is 0 Å². The van der Waals surface area contributed by atoms with Crippen molar-refractivity contribution in [3.63, 3.8) is 0 Å². The lowest BCUT2D eigenvalue weighted by molar-refractivity contribution is 0.343. The molecule has 0 saturated carbocycles. The first-order chi connectivity index (χ1) is 8.46. The average molecular weight is 265 g/mol. The Morgan fingerprint density at radius 1 is 1.61 bits per heavy atom. The summed E-state index contributed by atoms with van der Waals surface area (Å²) in [5, 5.41) is 14.7. The molecule has 0 radical (unpaired) electrons. The molecule has 18 heavy (non-hydrogen) atoms. The summed E-state index contributed by atoms with van der Waals surface area (Å²) in [7, 11) is 1.55. The Morgan fingerprint density at radius 3 is 2.94 bits per heavy atom. The first kappa shape index (κ1) is 12.7. The fourth-order valence-electron chi connectivity index (χ4n) is 1.75. The van der Waals surface area contributed by atoms with Crippen LogP contribution < -0.4 is 10.5 Å². The van der Waals surface area contributed by atoms with Crippen molar-refractivity contribution in [1.82, 2.24) is 9.78 Å². The molecule has 0 aliphatic rings. The Bertz CT molecular complexity index is 627. The van der Waals surface area contributed by atoms with Crippen LogP contribution in [0.1, 0.15) is 6.92 Å². The lowest BCUT2D eigenvalue weighted by Crippen LogP contribution is -2.39. The largest absolute Gasteiger partial charge is 0.481 e. The zero-order chi connectivity index (χ0) is 13.3. The number of hydrogen-bond donors (Lipinski definition) is 1. The van der Waals surface area contributed by atoms with E-state index in [0.29, 0.717) is 10.9 Å². The van der Waals surface area contributed by atoms with Crippen molar-refractivity contribution in [3.05, 3.63) is 23.2 Å². The summed E-state index contributed by atoms with van der Waals surface area (Å²) in [5.74, 6) is 0.555. The molecule has 5 nitrogen and oxygen atoms in total. The van der Waals surface area contributed by atoms with Gasteiger partial charge < -0.3 is 10.5 Å². The van der Waals surface area contributed by atoms with Crippen molar-refractivity contribution in [1.29, 1.82) is 5.26 Å². The van der Waals surface area contributed by atoms with E-state index in [-0.39, 0.29) is 6.54 Å². The second-order valence-electron chi connectivity index (χ2n) is 4.36. The third-order valence-corrected chi connectivity index (χ3v) is 2.81. The summed E-state index contributed by atoms with van der Waals surface area (Å²) >= 11 is 5.95. The SMILES string of the molecule is COc1c2cc(Cl)ccc2nn1CC(C)(N)C#N. The van der Waals surface area contributed by atoms with Gasteiger partial charge in [-0.2, -0.15) is 10.4 Å². The number of benzene rings is 1. The van der Waals surface area contributed by atoms with Gasteiger partial charge in [0.1, 0.15) is 5.54 Å². The first-order valence-electron chi connectivity index (χ1n) is 5.37. The summed E-state index contributed by atoms with van der Waals surface area (Å²) in [6, 6.07) is 7.37. The van der Waals surface area contributed by atoms with Crippen LogP contribution in [0.5, 0.6) is 5.88 Å². The lowest BCUT2D eigenvalue weighted by atomic mass is 10.1. The van der Waals surface area contributed by atoms with Crippen LogP contribution in [0, 0.1) is 11.3 Å². The molecular formula is C12H13ClN4O. The average Bonchev–Trinajstić information content (AvgIpc) is 2.64.